The van der Waals surface area contributed by atoms with Crippen molar-refractivity contribution in [3.63, 3.8) is 0 Å². The van der Waals surface area contributed by atoms with E-state index in [2.05, 4.69) is 27.9 Å². The van der Waals surface area contributed by atoms with Crippen LogP contribution >= 0.6 is 0 Å². The number of hydrogen-bond donors (Lipinski definition) is 1. The number of aryl methyl sites for hydroxylation is 2. The van der Waals surface area contributed by atoms with Crippen molar-refractivity contribution in [3.05, 3.63) is 11.9 Å². The highest BCUT2D eigenvalue weighted by molar-refractivity contribution is 5.35. The van der Waals surface area contributed by atoms with Crippen LogP contribution in [0.1, 0.15) is 25.5 Å². The highest BCUT2D eigenvalue weighted by Crippen LogP contribution is 2.23. The lowest BCUT2D eigenvalue weighted by atomic mass is 10.1. The van der Waals surface area contributed by atoms with Gasteiger partial charge in [0, 0.05) is 39.5 Å². The van der Waals surface area contributed by atoms with Crippen molar-refractivity contribution < 1.29 is 4.74 Å². The second kappa shape index (κ2) is 7.64. The van der Waals surface area contributed by atoms with E-state index < -0.39 is 0 Å². The maximum atomic E-state index is 5.16. The van der Waals surface area contributed by atoms with E-state index in [1.54, 1.807) is 7.11 Å². The largest absolute Gasteiger partial charge is 0.385 e. The first-order chi connectivity index (χ1) is 9.78. The Morgan fingerprint density at radius 2 is 2.35 bits per heavy atom. The van der Waals surface area contributed by atoms with E-state index in [4.69, 9.17) is 9.72 Å². The molecule has 5 nitrogen and oxygen atoms in total. The summed E-state index contributed by atoms with van der Waals surface area (Å²) >= 11 is 0. The third-order valence-electron chi connectivity index (χ3n) is 3.98. The van der Waals surface area contributed by atoms with Gasteiger partial charge in [-0.3, -0.25) is 0 Å². The van der Waals surface area contributed by atoms with Crippen molar-refractivity contribution in [2.24, 2.45) is 5.92 Å². The van der Waals surface area contributed by atoms with Crippen LogP contribution in [0.15, 0.2) is 6.20 Å². The Bertz CT molecular complexity index is 405. The number of nitrogens with zero attached hydrogens (tertiary/aromatic N) is 3. The lowest BCUT2D eigenvalue weighted by Crippen LogP contribution is -2.26. The summed E-state index contributed by atoms with van der Waals surface area (Å²) in [6, 6.07) is 0. The van der Waals surface area contributed by atoms with Crippen molar-refractivity contribution >= 4 is 5.95 Å². The van der Waals surface area contributed by atoms with Gasteiger partial charge in [0.2, 0.25) is 5.95 Å². The molecule has 0 spiro atoms. The van der Waals surface area contributed by atoms with Crippen LogP contribution in [-0.2, 0) is 17.7 Å². The predicted molar refractivity (Wildman–Crippen MR) is 82.3 cm³/mol. The monoisotopic (exact) mass is 280 g/mol. The number of aromatic nitrogens is 2. The Balaban J connectivity index is 2.03. The Morgan fingerprint density at radius 3 is 3.05 bits per heavy atom. The molecule has 1 aromatic rings. The van der Waals surface area contributed by atoms with Gasteiger partial charge >= 0.3 is 0 Å². The summed E-state index contributed by atoms with van der Waals surface area (Å²) in [7, 11) is 3.79. The summed E-state index contributed by atoms with van der Waals surface area (Å²) in [5, 5.41) is 3.28. The summed E-state index contributed by atoms with van der Waals surface area (Å²) in [6.45, 7) is 7.30. The maximum absolute atomic E-state index is 5.16. The third kappa shape index (κ3) is 3.73. The van der Waals surface area contributed by atoms with Crippen molar-refractivity contribution in [1.82, 2.24) is 14.9 Å². The number of nitrogens with one attached hydrogen (secondary N) is 1. The van der Waals surface area contributed by atoms with Gasteiger partial charge in [0.25, 0.3) is 0 Å². The van der Waals surface area contributed by atoms with Gasteiger partial charge in [-0.2, -0.15) is 0 Å². The molecule has 1 N–H and O–H groups in total. The van der Waals surface area contributed by atoms with E-state index in [0.29, 0.717) is 0 Å². The molecule has 20 heavy (non-hydrogen) atoms. The van der Waals surface area contributed by atoms with Crippen LogP contribution in [0.25, 0.3) is 0 Å². The van der Waals surface area contributed by atoms with Gasteiger partial charge in [-0.25, -0.2) is 4.98 Å². The summed E-state index contributed by atoms with van der Waals surface area (Å²) in [6.07, 6.45) is 5.50. The second-order valence-electron chi connectivity index (χ2n) is 5.58. The minimum Gasteiger partial charge on any atom is -0.385 e. The molecule has 114 valence electrons. The standard InChI is InChI=1S/C15H28N4O/c1-4-14-12-18(7-5-9-20-3)15(17-14)19-8-6-13(11-19)10-16-2/h12-13,16H,4-11H2,1-3H3. The van der Waals surface area contributed by atoms with E-state index >= 15 is 0 Å². The van der Waals surface area contributed by atoms with Gasteiger partial charge < -0.3 is 19.5 Å². The number of anilines is 1. The van der Waals surface area contributed by atoms with Crippen LogP contribution in [0.2, 0.25) is 0 Å². The Morgan fingerprint density at radius 1 is 1.50 bits per heavy atom. The first kappa shape index (κ1) is 15.3. The maximum Gasteiger partial charge on any atom is 0.205 e. The van der Waals surface area contributed by atoms with Gasteiger partial charge in [0.05, 0.1) is 5.69 Å². The lowest BCUT2D eigenvalue weighted by Gasteiger charge is -2.19. The summed E-state index contributed by atoms with van der Waals surface area (Å²) in [4.78, 5) is 7.25. The number of ether oxygens (including phenoxy) is 1. The molecule has 1 unspecified atom stereocenters. The zero-order chi connectivity index (χ0) is 14.4. The fraction of sp³-hybridized carbons (Fsp3) is 0.800. The lowest BCUT2D eigenvalue weighted by molar-refractivity contribution is 0.190. The molecule has 0 radical (unpaired) electrons. The molecule has 0 amide bonds. The fourth-order valence-electron chi connectivity index (χ4n) is 2.90. The van der Waals surface area contributed by atoms with Crippen molar-refractivity contribution in [3.8, 4) is 0 Å². The molecular formula is C15H28N4O. The first-order valence-corrected chi connectivity index (χ1v) is 7.73. The molecule has 2 heterocycles. The number of methoxy groups -OCH3 is 1. The van der Waals surface area contributed by atoms with Crippen molar-refractivity contribution in [2.75, 3.05) is 45.3 Å². The molecule has 1 atom stereocenters. The summed E-state index contributed by atoms with van der Waals surface area (Å²) < 4.78 is 7.46. The smallest absolute Gasteiger partial charge is 0.205 e. The average Bonchev–Trinajstić information content (AvgIpc) is 3.06. The zero-order valence-electron chi connectivity index (χ0n) is 13.1. The number of imidazole rings is 1. The van der Waals surface area contributed by atoms with E-state index in [9.17, 15) is 0 Å². The predicted octanol–water partition coefficient (Wildman–Crippen LogP) is 1.53. The van der Waals surface area contributed by atoms with E-state index in [1.807, 2.05) is 7.05 Å². The molecule has 1 aromatic heterocycles. The van der Waals surface area contributed by atoms with E-state index in [0.717, 1.165) is 57.5 Å². The first-order valence-electron chi connectivity index (χ1n) is 7.73. The van der Waals surface area contributed by atoms with Crippen molar-refractivity contribution in [1.29, 1.82) is 0 Å². The molecule has 1 saturated heterocycles. The molecule has 5 heteroatoms. The summed E-state index contributed by atoms with van der Waals surface area (Å²) in [5.74, 6) is 1.89. The van der Waals surface area contributed by atoms with Crippen LogP contribution in [0, 0.1) is 5.92 Å². The Hall–Kier alpha value is -1.07. The Kier molecular flexibility index (Phi) is 5.86. The Labute approximate surface area is 122 Å². The third-order valence-corrected chi connectivity index (χ3v) is 3.98. The minimum absolute atomic E-state index is 0.745. The highest BCUT2D eigenvalue weighted by Gasteiger charge is 2.25. The molecule has 1 aliphatic heterocycles. The molecule has 0 bridgehead atoms. The molecule has 1 fully saturated rings. The van der Waals surface area contributed by atoms with Gasteiger partial charge in [0.1, 0.15) is 0 Å². The molecule has 1 aliphatic rings. The van der Waals surface area contributed by atoms with Gasteiger partial charge in [-0.15, -0.1) is 0 Å². The molecule has 2 rings (SSSR count). The van der Waals surface area contributed by atoms with E-state index in [1.165, 1.54) is 12.1 Å². The van der Waals surface area contributed by atoms with Gasteiger partial charge in [0.15, 0.2) is 0 Å². The van der Waals surface area contributed by atoms with Gasteiger partial charge in [-0.05, 0) is 38.8 Å². The van der Waals surface area contributed by atoms with E-state index in [-0.39, 0.29) is 0 Å². The van der Waals surface area contributed by atoms with Crippen LogP contribution < -0.4 is 10.2 Å². The minimum atomic E-state index is 0.745. The van der Waals surface area contributed by atoms with Crippen LogP contribution in [0.3, 0.4) is 0 Å². The molecule has 0 aliphatic carbocycles. The van der Waals surface area contributed by atoms with Crippen LogP contribution in [0.5, 0.6) is 0 Å². The van der Waals surface area contributed by atoms with Crippen LogP contribution in [-0.4, -0.2) is 49.9 Å². The molecule has 0 saturated carbocycles. The highest BCUT2D eigenvalue weighted by atomic mass is 16.5. The molecule has 0 aromatic carbocycles. The molecular weight excluding hydrogens is 252 g/mol. The zero-order valence-corrected chi connectivity index (χ0v) is 13.1. The number of rotatable bonds is 8. The quantitative estimate of drug-likeness (QED) is 0.733. The van der Waals surface area contributed by atoms with Gasteiger partial charge in [-0.1, -0.05) is 6.92 Å². The topological polar surface area (TPSA) is 42.3 Å². The SMILES string of the molecule is CCc1cn(CCCOC)c(N2CCC(CNC)C2)n1. The fourth-order valence-corrected chi connectivity index (χ4v) is 2.90. The second-order valence-corrected chi connectivity index (χ2v) is 5.58. The summed E-state index contributed by atoms with van der Waals surface area (Å²) in [5.41, 5.74) is 1.19. The van der Waals surface area contributed by atoms with Crippen molar-refractivity contribution in [2.45, 2.75) is 32.7 Å². The van der Waals surface area contributed by atoms with Crippen LogP contribution in [0.4, 0.5) is 5.95 Å². The number of hydrogen-bond acceptors (Lipinski definition) is 4. The normalized spacial score (nSPS) is 18.9. The average molecular weight is 280 g/mol.